The molecule has 0 atom stereocenters. The highest BCUT2D eigenvalue weighted by atomic mass is 16.5. The van der Waals surface area contributed by atoms with Crippen molar-refractivity contribution in [1.29, 1.82) is 0 Å². The van der Waals surface area contributed by atoms with Crippen LogP contribution in [-0.4, -0.2) is 26.4 Å². The van der Waals surface area contributed by atoms with Crippen LogP contribution in [0, 0.1) is 0 Å². The van der Waals surface area contributed by atoms with Gasteiger partial charge in [0, 0.05) is 24.9 Å². The number of rotatable bonds is 8. The first-order chi connectivity index (χ1) is 8.27. The number of nitrogen functional groups attached to an aromatic ring is 1. The van der Waals surface area contributed by atoms with E-state index in [2.05, 4.69) is 12.2 Å². The maximum atomic E-state index is 5.83. The highest BCUT2D eigenvalue weighted by molar-refractivity contribution is 5.61. The van der Waals surface area contributed by atoms with Gasteiger partial charge in [-0.3, -0.25) is 0 Å². The van der Waals surface area contributed by atoms with E-state index in [0.29, 0.717) is 18.9 Å². The first-order valence-electron chi connectivity index (χ1n) is 6.11. The smallest absolute Gasteiger partial charge is 0.144 e. The summed E-state index contributed by atoms with van der Waals surface area (Å²) in [4.78, 5) is 0. The van der Waals surface area contributed by atoms with Gasteiger partial charge < -0.3 is 20.5 Å². The number of hydrogen-bond acceptors (Lipinski definition) is 4. The maximum absolute atomic E-state index is 5.83. The SMILES string of the molecule is CCCOc1cc(NCCOCC)ccc1N. The fourth-order valence-corrected chi connectivity index (χ4v) is 1.39. The van der Waals surface area contributed by atoms with E-state index in [-0.39, 0.29) is 0 Å². The van der Waals surface area contributed by atoms with Gasteiger partial charge in [-0.05, 0) is 25.5 Å². The molecule has 1 rings (SSSR count). The van der Waals surface area contributed by atoms with Gasteiger partial charge in [0.15, 0.2) is 0 Å². The fourth-order valence-electron chi connectivity index (χ4n) is 1.39. The molecular formula is C13H22N2O2. The zero-order valence-electron chi connectivity index (χ0n) is 10.7. The Morgan fingerprint density at radius 1 is 1.24 bits per heavy atom. The summed E-state index contributed by atoms with van der Waals surface area (Å²) in [6.45, 7) is 6.97. The van der Waals surface area contributed by atoms with Crippen molar-refractivity contribution in [2.45, 2.75) is 20.3 Å². The zero-order chi connectivity index (χ0) is 12.5. The molecule has 0 aliphatic carbocycles. The second-order valence-corrected chi connectivity index (χ2v) is 3.72. The molecule has 17 heavy (non-hydrogen) atoms. The molecule has 4 heteroatoms. The highest BCUT2D eigenvalue weighted by Gasteiger charge is 2.01. The molecule has 0 spiro atoms. The van der Waals surface area contributed by atoms with Crippen LogP contribution in [0.25, 0.3) is 0 Å². The summed E-state index contributed by atoms with van der Waals surface area (Å²) in [5, 5.41) is 3.26. The average molecular weight is 238 g/mol. The molecule has 0 amide bonds. The number of hydrogen-bond donors (Lipinski definition) is 2. The summed E-state index contributed by atoms with van der Waals surface area (Å²) in [6.07, 6.45) is 0.974. The lowest BCUT2D eigenvalue weighted by atomic mass is 10.2. The van der Waals surface area contributed by atoms with Crippen LogP contribution in [0.2, 0.25) is 0 Å². The lowest BCUT2D eigenvalue weighted by molar-refractivity contribution is 0.158. The van der Waals surface area contributed by atoms with E-state index >= 15 is 0 Å². The highest BCUT2D eigenvalue weighted by Crippen LogP contribution is 2.25. The van der Waals surface area contributed by atoms with Crippen molar-refractivity contribution >= 4 is 11.4 Å². The number of nitrogens with two attached hydrogens (primary N) is 1. The van der Waals surface area contributed by atoms with Gasteiger partial charge in [0.2, 0.25) is 0 Å². The van der Waals surface area contributed by atoms with Gasteiger partial charge in [0.1, 0.15) is 5.75 Å². The van der Waals surface area contributed by atoms with Crippen LogP contribution in [0.1, 0.15) is 20.3 Å². The summed E-state index contributed by atoms with van der Waals surface area (Å²) >= 11 is 0. The van der Waals surface area contributed by atoms with Gasteiger partial charge in [0.05, 0.1) is 18.9 Å². The maximum Gasteiger partial charge on any atom is 0.144 e. The van der Waals surface area contributed by atoms with E-state index in [1.165, 1.54) is 0 Å². The molecule has 96 valence electrons. The van der Waals surface area contributed by atoms with E-state index in [9.17, 15) is 0 Å². The van der Waals surface area contributed by atoms with E-state index in [4.69, 9.17) is 15.2 Å². The van der Waals surface area contributed by atoms with E-state index in [0.717, 1.165) is 31.0 Å². The molecule has 0 aromatic heterocycles. The normalized spacial score (nSPS) is 10.2. The van der Waals surface area contributed by atoms with Gasteiger partial charge in [-0.15, -0.1) is 0 Å². The summed E-state index contributed by atoms with van der Waals surface area (Å²) in [7, 11) is 0. The second kappa shape index (κ2) is 7.79. The second-order valence-electron chi connectivity index (χ2n) is 3.72. The Hall–Kier alpha value is -1.42. The predicted molar refractivity (Wildman–Crippen MR) is 71.6 cm³/mol. The van der Waals surface area contributed by atoms with E-state index in [1.807, 2.05) is 25.1 Å². The minimum atomic E-state index is 0.675. The topological polar surface area (TPSA) is 56.5 Å². The van der Waals surface area contributed by atoms with Crippen LogP contribution < -0.4 is 15.8 Å². The third kappa shape index (κ3) is 4.95. The molecule has 0 fully saturated rings. The average Bonchev–Trinajstić information content (AvgIpc) is 2.35. The van der Waals surface area contributed by atoms with E-state index < -0.39 is 0 Å². The molecule has 0 aliphatic heterocycles. The Balaban J connectivity index is 2.49. The third-order valence-corrected chi connectivity index (χ3v) is 2.25. The molecular weight excluding hydrogens is 216 g/mol. The molecule has 0 radical (unpaired) electrons. The molecule has 0 bridgehead atoms. The number of ether oxygens (including phenoxy) is 2. The lowest BCUT2D eigenvalue weighted by Gasteiger charge is -2.11. The molecule has 0 heterocycles. The van der Waals surface area contributed by atoms with Gasteiger partial charge in [-0.1, -0.05) is 6.92 Å². The fraction of sp³-hybridized carbons (Fsp3) is 0.538. The summed E-state index contributed by atoms with van der Waals surface area (Å²) < 4.78 is 10.8. The van der Waals surface area contributed by atoms with Crippen LogP contribution >= 0.6 is 0 Å². The molecule has 4 nitrogen and oxygen atoms in total. The van der Waals surface area contributed by atoms with Crippen LogP contribution in [0.4, 0.5) is 11.4 Å². The minimum absolute atomic E-state index is 0.675. The van der Waals surface area contributed by atoms with Crippen molar-refractivity contribution < 1.29 is 9.47 Å². The predicted octanol–water partition coefficient (Wildman–Crippen LogP) is 2.51. The van der Waals surface area contributed by atoms with E-state index in [1.54, 1.807) is 0 Å². The Labute approximate surface area is 103 Å². The quantitative estimate of drug-likeness (QED) is 0.539. The number of anilines is 2. The Morgan fingerprint density at radius 3 is 2.76 bits per heavy atom. The molecule has 1 aromatic rings. The van der Waals surface area contributed by atoms with Gasteiger partial charge >= 0.3 is 0 Å². The van der Waals surface area contributed by atoms with Crippen molar-refractivity contribution in [3.63, 3.8) is 0 Å². The van der Waals surface area contributed by atoms with Crippen molar-refractivity contribution in [2.24, 2.45) is 0 Å². The Bertz CT molecular complexity index is 329. The lowest BCUT2D eigenvalue weighted by Crippen LogP contribution is -2.09. The first kappa shape index (κ1) is 13.6. The van der Waals surface area contributed by atoms with Crippen LogP contribution in [0.15, 0.2) is 18.2 Å². The molecule has 3 N–H and O–H groups in total. The van der Waals surface area contributed by atoms with Gasteiger partial charge in [0.25, 0.3) is 0 Å². The Morgan fingerprint density at radius 2 is 2.06 bits per heavy atom. The van der Waals surface area contributed by atoms with Gasteiger partial charge in [-0.2, -0.15) is 0 Å². The first-order valence-corrected chi connectivity index (χ1v) is 6.11. The Kier molecular flexibility index (Phi) is 6.25. The minimum Gasteiger partial charge on any atom is -0.491 e. The number of benzene rings is 1. The van der Waals surface area contributed by atoms with Crippen molar-refractivity contribution in [3.8, 4) is 5.75 Å². The summed E-state index contributed by atoms with van der Waals surface area (Å²) in [5.41, 5.74) is 7.51. The van der Waals surface area contributed by atoms with Gasteiger partial charge in [-0.25, -0.2) is 0 Å². The van der Waals surface area contributed by atoms with Crippen LogP contribution in [0.3, 0.4) is 0 Å². The van der Waals surface area contributed by atoms with Crippen molar-refractivity contribution in [3.05, 3.63) is 18.2 Å². The molecule has 0 aliphatic rings. The number of nitrogens with one attached hydrogen (secondary N) is 1. The molecule has 1 aromatic carbocycles. The standard InChI is InChI=1S/C13H22N2O2/c1-3-8-17-13-10-11(5-6-12(13)14)15-7-9-16-4-2/h5-6,10,15H,3-4,7-9,14H2,1-2H3. The van der Waals surface area contributed by atoms with Crippen LogP contribution in [0.5, 0.6) is 5.75 Å². The summed E-state index contributed by atoms with van der Waals surface area (Å²) in [6, 6.07) is 5.73. The largest absolute Gasteiger partial charge is 0.491 e. The van der Waals surface area contributed by atoms with Crippen molar-refractivity contribution in [2.75, 3.05) is 37.4 Å². The monoisotopic (exact) mass is 238 g/mol. The zero-order valence-corrected chi connectivity index (χ0v) is 10.7. The molecule has 0 saturated carbocycles. The summed E-state index contributed by atoms with van der Waals surface area (Å²) in [5.74, 6) is 0.744. The van der Waals surface area contributed by atoms with Crippen molar-refractivity contribution in [1.82, 2.24) is 0 Å². The van der Waals surface area contributed by atoms with Crippen LogP contribution in [-0.2, 0) is 4.74 Å². The molecule has 0 saturated heterocycles. The third-order valence-electron chi connectivity index (χ3n) is 2.25. The molecule has 0 unspecified atom stereocenters.